The van der Waals surface area contributed by atoms with E-state index in [4.69, 9.17) is 4.74 Å². The third-order valence-corrected chi connectivity index (χ3v) is 7.48. The third kappa shape index (κ3) is 5.29. The summed E-state index contributed by atoms with van der Waals surface area (Å²) in [5, 5.41) is 7.23. The first-order valence-corrected chi connectivity index (χ1v) is 12.4. The highest BCUT2D eigenvalue weighted by Gasteiger charge is 2.39. The molecule has 0 aromatic carbocycles. The average Bonchev–Trinajstić information content (AvgIpc) is 3.20. The maximum Gasteiger partial charge on any atom is 0.407 e. The van der Waals surface area contributed by atoms with E-state index in [-0.39, 0.29) is 17.8 Å². The topological polar surface area (TPSA) is 75.0 Å². The van der Waals surface area contributed by atoms with Crippen molar-refractivity contribution < 1.29 is 13.9 Å². The van der Waals surface area contributed by atoms with E-state index in [0.29, 0.717) is 19.0 Å². The molecule has 1 saturated heterocycles. The van der Waals surface area contributed by atoms with Crippen LogP contribution >= 0.6 is 0 Å². The van der Waals surface area contributed by atoms with Crippen LogP contribution < -0.4 is 10.2 Å². The highest BCUT2D eigenvalue weighted by molar-refractivity contribution is 5.67. The number of carbonyl (C=O) groups excluding carboxylic acids is 1. The second-order valence-corrected chi connectivity index (χ2v) is 11.1. The summed E-state index contributed by atoms with van der Waals surface area (Å²) in [6, 6.07) is 2.59. The Balaban J connectivity index is 1.46. The molecule has 188 valence electrons. The molecule has 8 nitrogen and oxygen atoms in total. The number of nitrogens with one attached hydrogen (secondary N) is 1. The van der Waals surface area contributed by atoms with Gasteiger partial charge in [0.2, 0.25) is 0 Å². The Morgan fingerprint density at radius 3 is 2.74 bits per heavy atom. The Bertz CT molecular complexity index is 1000. The molecule has 1 amide bonds. The number of hydrogen-bond acceptors (Lipinski definition) is 6. The van der Waals surface area contributed by atoms with Crippen LogP contribution in [0.5, 0.6) is 0 Å². The standard InChI is InChI=1S/C25H39FN6O2/c1-16-13-31(10-9-30(16)6)19-11-21-23(28-15-29-32(21)14-19)20-8-7-18(17(2)22(20)26)12-27-24(33)34-25(3,4)5/h11,14-18,20,22H,7-10,12-13H2,1-6H3,(H,27,33). The van der Waals surface area contributed by atoms with Crippen LogP contribution in [0.4, 0.5) is 14.9 Å². The van der Waals surface area contributed by atoms with Gasteiger partial charge in [-0.25, -0.2) is 18.7 Å². The number of alkyl halides is 1. The van der Waals surface area contributed by atoms with E-state index in [2.05, 4.69) is 45.2 Å². The number of carbonyl (C=O) groups is 1. The summed E-state index contributed by atoms with van der Waals surface area (Å²) >= 11 is 0. The van der Waals surface area contributed by atoms with E-state index in [0.717, 1.165) is 43.0 Å². The lowest BCUT2D eigenvalue weighted by Crippen LogP contribution is -2.50. The van der Waals surface area contributed by atoms with Gasteiger partial charge in [0.25, 0.3) is 0 Å². The van der Waals surface area contributed by atoms with Gasteiger partial charge in [-0.3, -0.25) is 0 Å². The van der Waals surface area contributed by atoms with Gasteiger partial charge < -0.3 is 19.9 Å². The number of fused-ring (bicyclic) bond motifs is 1. The second-order valence-electron chi connectivity index (χ2n) is 11.1. The van der Waals surface area contributed by atoms with Gasteiger partial charge in [-0.2, -0.15) is 5.10 Å². The molecule has 5 atom stereocenters. The van der Waals surface area contributed by atoms with Crippen LogP contribution in [-0.2, 0) is 4.74 Å². The molecule has 34 heavy (non-hydrogen) atoms. The van der Waals surface area contributed by atoms with Gasteiger partial charge in [-0.15, -0.1) is 0 Å². The predicted molar refractivity (Wildman–Crippen MR) is 131 cm³/mol. The monoisotopic (exact) mass is 474 g/mol. The summed E-state index contributed by atoms with van der Waals surface area (Å²) in [5.74, 6) is -0.421. The molecule has 0 bridgehead atoms. The zero-order valence-electron chi connectivity index (χ0n) is 21.3. The first-order chi connectivity index (χ1) is 16.0. The average molecular weight is 475 g/mol. The van der Waals surface area contributed by atoms with E-state index < -0.39 is 17.9 Å². The Hall–Kier alpha value is -2.42. The van der Waals surface area contributed by atoms with Crippen molar-refractivity contribution in [2.75, 3.05) is 38.1 Å². The van der Waals surface area contributed by atoms with Crippen molar-refractivity contribution in [2.45, 2.75) is 71.2 Å². The van der Waals surface area contributed by atoms with Crippen LogP contribution in [0.2, 0.25) is 0 Å². The van der Waals surface area contributed by atoms with E-state index in [1.54, 1.807) is 0 Å². The lowest BCUT2D eigenvalue weighted by molar-refractivity contribution is 0.0472. The van der Waals surface area contributed by atoms with Crippen molar-refractivity contribution in [3.8, 4) is 0 Å². The van der Waals surface area contributed by atoms with Crippen LogP contribution in [0.25, 0.3) is 5.52 Å². The van der Waals surface area contributed by atoms with Gasteiger partial charge in [-0.1, -0.05) is 6.92 Å². The largest absolute Gasteiger partial charge is 0.444 e. The molecule has 0 radical (unpaired) electrons. The number of alkyl carbamates (subject to hydrolysis) is 1. The van der Waals surface area contributed by atoms with Crippen LogP contribution in [0.3, 0.4) is 0 Å². The summed E-state index contributed by atoms with van der Waals surface area (Å²) in [6.07, 6.45) is 3.58. The summed E-state index contributed by atoms with van der Waals surface area (Å²) < 4.78 is 22.9. The van der Waals surface area contributed by atoms with E-state index in [9.17, 15) is 4.79 Å². The zero-order valence-corrected chi connectivity index (χ0v) is 21.3. The SMILES string of the molecule is CC1C(CNC(=O)OC(C)(C)C)CCC(c2ncnn3cc(N4CCN(C)C(C)C4)cc23)C1F. The highest BCUT2D eigenvalue weighted by Crippen LogP contribution is 2.42. The van der Waals surface area contributed by atoms with Gasteiger partial charge in [0.1, 0.15) is 18.1 Å². The highest BCUT2D eigenvalue weighted by atomic mass is 19.1. The quantitative estimate of drug-likeness (QED) is 0.725. The first kappa shape index (κ1) is 24.7. The molecule has 5 unspecified atom stereocenters. The Kier molecular flexibility index (Phi) is 7.03. The number of hydrogen-bond donors (Lipinski definition) is 1. The maximum atomic E-state index is 15.7. The van der Waals surface area contributed by atoms with E-state index >= 15 is 4.39 Å². The minimum Gasteiger partial charge on any atom is -0.444 e. The van der Waals surface area contributed by atoms with Gasteiger partial charge in [0.05, 0.1) is 23.1 Å². The lowest BCUT2D eigenvalue weighted by Gasteiger charge is -2.38. The first-order valence-electron chi connectivity index (χ1n) is 12.4. The van der Waals surface area contributed by atoms with Crippen LogP contribution in [0, 0.1) is 11.8 Å². The number of rotatable bonds is 4. The molecule has 1 saturated carbocycles. The van der Waals surface area contributed by atoms with Crippen molar-refractivity contribution in [2.24, 2.45) is 11.8 Å². The number of amides is 1. The molecule has 9 heteroatoms. The van der Waals surface area contributed by atoms with Crippen molar-refractivity contribution in [1.29, 1.82) is 0 Å². The number of aromatic nitrogens is 3. The van der Waals surface area contributed by atoms with Crippen molar-refractivity contribution >= 4 is 17.3 Å². The Morgan fingerprint density at radius 2 is 2.03 bits per heavy atom. The number of halogens is 1. The van der Waals surface area contributed by atoms with E-state index in [1.165, 1.54) is 6.33 Å². The smallest absolute Gasteiger partial charge is 0.407 e. The third-order valence-electron chi connectivity index (χ3n) is 7.48. The maximum absolute atomic E-state index is 15.7. The molecule has 3 heterocycles. The molecule has 2 aliphatic rings. The fourth-order valence-electron chi connectivity index (χ4n) is 5.22. The molecular formula is C25H39FN6O2. The normalized spacial score (nSPS) is 28.8. The summed E-state index contributed by atoms with van der Waals surface area (Å²) in [7, 11) is 2.16. The van der Waals surface area contributed by atoms with Crippen molar-refractivity contribution in [3.63, 3.8) is 0 Å². The number of likely N-dealkylation sites (N-methyl/N-ethyl adjacent to an activating group) is 1. The van der Waals surface area contributed by atoms with Crippen molar-refractivity contribution in [1.82, 2.24) is 24.8 Å². The molecule has 4 rings (SSSR count). The molecule has 2 aromatic heterocycles. The number of ether oxygens (including phenoxy) is 1. The summed E-state index contributed by atoms with van der Waals surface area (Å²) in [5.41, 5.74) is 2.23. The van der Waals surface area contributed by atoms with Crippen LogP contribution in [-0.4, -0.2) is 76.6 Å². The molecule has 2 aromatic rings. The molecule has 0 spiro atoms. The van der Waals surface area contributed by atoms with Crippen LogP contribution in [0.1, 0.15) is 59.1 Å². The Morgan fingerprint density at radius 1 is 1.26 bits per heavy atom. The molecule has 2 fully saturated rings. The number of piperazine rings is 1. The summed E-state index contributed by atoms with van der Waals surface area (Å²) in [4.78, 5) is 21.3. The van der Waals surface area contributed by atoms with E-state index in [1.807, 2.05) is 38.4 Å². The van der Waals surface area contributed by atoms with Gasteiger partial charge in [0, 0.05) is 38.1 Å². The number of anilines is 1. The lowest BCUT2D eigenvalue weighted by atomic mass is 9.72. The summed E-state index contributed by atoms with van der Waals surface area (Å²) in [6.45, 7) is 13.0. The molecule has 1 aliphatic carbocycles. The minimum atomic E-state index is -1.04. The Labute approximate surface area is 201 Å². The fourth-order valence-corrected chi connectivity index (χ4v) is 5.22. The second kappa shape index (κ2) is 9.68. The molecular weight excluding hydrogens is 435 g/mol. The number of nitrogens with zero attached hydrogens (tertiary/aromatic N) is 5. The predicted octanol–water partition coefficient (Wildman–Crippen LogP) is 3.86. The fraction of sp³-hybridized carbons (Fsp3) is 0.720. The van der Waals surface area contributed by atoms with Gasteiger partial charge >= 0.3 is 6.09 Å². The molecule has 1 aliphatic heterocycles. The minimum absolute atomic E-state index is 0.0609. The van der Waals surface area contributed by atoms with Crippen molar-refractivity contribution in [3.05, 3.63) is 24.3 Å². The van der Waals surface area contributed by atoms with Crippen LogP contribution in [0.15, 0.2) is 18.6 Å². The van der Waals surface area contributed by atoms with Gasteiger partial charge in [0.15, 0.2) is 0 Å². The van der Waals surface area contributed by atoms with Gasteiger partial charge in [-0.05, 0) is 65.5 Å². The zero-order chi connectivity index (χ0) is 24.6. The molecule has 1 N–H and O–H groups in total.